The van der Waals surface area contributed by atoms with Gasteiger partial charge in [-0.1, -0.05) is 17.7 Å². The van der Waals surface area contributed by atoms with Gasteiger partial charge in [-0.25, -0.2) is 0 Å². The second-order valence-electron chi connectivity index (χ2n) is 5.22. The first kappa shape index (κ1) is 14.3. The van der Waals surface area contributed by atoms with Gasteiger partial charge in [0.1, 0.15) is 5.76 Å². The summed E-state index contributed by atoms with van der Waals surface area (Å²) in [6, 6.07) is 7.23. The monoisotopic (exact) mass is 272 g/mol. The van der Waals surface area contributed by atoms with Crippen molar-refractivity contribution in [2.24, 2.45) is 5.73 Å². The van der Waals surface area contributed by atoms with E-state index in [0.717, 1.165) is 16.8 Å². The van der Waals surface area contributed by atoms with E-state index in [1.165, 1.54) is 5.56 Å². The number of benzene rings is 1. The van der Waals surface area contributed by atoms with E-state index in [2.05, 4.69) is 5.32 Å². The van der Waals surface area contributed by atoms with Crippen LogP contribution < -0.4 is 11.1 Å². The topological polar surface area (TPSA) is 68.3 Å². The number of rotatable bonds is 3. The molecule has 1 unspecified atom stereocenters. The van der Waals surface area contributed by atoms with Crippen molar-refractivity contribution in [1.29, 1.82) is 0 Å². The predicted octanol–water partition coefficient (Wildman–Crippen LogP) is 3.48. The summed E-state index contributed by atoms with van der Waals surface area (Å²) < 4.78 is 5.45. The van der Waals surface area contributed by atoms with Crippen molar-refractivity contribution in [2.45, 2.75) is 33.7 Å². The van der Waals surface area contributed by atoms with Gasteiger partial charge in [-0.15, -0.1) is 0 Å². The summed E-state index contributed by atoms with van der Waals surface area (Å²) in [6.07, 6.45) is 0. The molecular formula is C16H20N2O2. The zero-order valence-electron chi connectivity index (χ0n) is 12.3. The molecule has 1 amide bonds. The lowest BCUT2D eigenvalue weighted by atomic mass is 10.1. The van der Waals surface area contributed by atoms with Crippen LogP contribution in [0.25, 0.3) is 0 Å². The number of furan rings is 1. The molecule has 2 rings (SSSR count). The molecule has 0 spiro atoms. The molecule has 3 N–H and O–H groups in total. The number of hydrogen-bond acceptors (Lipinski definition) is 3. The smallest absolute Gasteiger partial charge is 0.291 e. The predicted molar refractivity (Wildman–Crippen MR) is 79.9 cm³/mol. The minimum absolute atomic E-state index is 0.223. The Labute approximate surface area is 119 Å². The van der Waals surface area contributed by atoms with E-state index in [1.54, 1.807) is 12.1 Å². The fourth-order valence-corrected chi connectivity index (χ4v) is 2.27. The van der Waals surface area contributed by atoms with E-state index in [9.17, 15) is 4.79 Å². The Morgan fingerprint density at radius 3 is 2.30 bits per heavy atom. The van der Waals surface area contributed by atoms with Crippen LogP contribution in [-0.2, 0) is 0 Å². The van der Waals surface area contributed by atoms with Crippen molar-refractivity contribution < 1.29 is 9.21 Å². The van der Waals surface area contributed by atoms with Gasteiger partial charge in [-0.05, 0) is 51.0 Å². The third kappa shape index (κ3) is 2.91. The average molecular weight is 272 g/mol. The summed E-state index contributed by atoms with van der Waals surface area (Å²) in [7, 11) is 0. The Morgan fingerprint density at radius 1 is 1.20 bits per heavy atom. The number of anilines is 1. The lowest BCUT2D eigenvalue weighted by Gasteiger charge is -2.12. The first-order valence-electron chi connectivity index (χ1n) is 6.63. The molecule has 4 nitrogen and oxygen atoms in total. The SMILES string of the molecule is Cc1cc(C)c(NC(=O)c2ccc(C(C)N)o2)c(C)c1. The van der Waals surface area contributed by atoms with E-state index in [0.29, 0.717) is 5.76 Å². The van der Waals surface area contributed by atoms with Gasteiger partial charge in [0.2, 0.25) is 0 Å². The molecule has 0 aliphatic heterocycles. The second-order valence-corrected chi connectivity index (χ2v) is 5.22. The zero-order chi connectivity index (χ0) is 14.9. The van der Waals surface area contributed by atoms with Crippen LogP contribution in [0.1, 0.15) is 46.0 Å². The van der Waals surface area contributed by atoms with Crippen molar-refractivity contribution in [3.8, 4) is 0 Å². The molecule has 0 saturated heterocycles. The first-order valence-corrected chi connectivity index (χ1v) is 6.63. The average Bonchev–Trinajstić information content (AvgIpc) is 2.83. The molecule has 1 aromatic carbocycles. The number of carbonyl (C=O) groups excluding carboxylic acids is 1. The van der Waals surface area contributed by atoms with Crippen molar-refractivity contribution in [2.75, 3.05) is 5.32 Å². The van der Waals surface area contributed by atoms with Gasteiger partial charge in [-0.3, -0.25) is 4.79 Å². The van der Waals surface area contributed by atoms with Gasteiger partial charge in [0, 0.05) is 5.69 Å². The van der Waals surface area contributed by atoms with Crippen LogP contribution >= 0.6 is 0 Å². The molecule has 0 aliphatic rings. The second kappa shape index (κ2) is 5.51. The summed E-state index contributed by atoms with van der Waals surface area (Å²) in [6.45, 7) is 7.80. The van der Waals surface area contributed by atoms with Gasteiger partial charge >= 0.3 is 0 Å². The lowest BCUT2D eigenvalue weighted by Crippen LogP contribution is -2.13. The summed E-state index contributed by atoms with van der Waals surface area (Å²) in [5.41, 5.74) is 9.80. The van der Waals surface area contributed by atoms with Crippen LogP contribution in [-0.4, -0.2) is 5.91 Å². The number of aryl methyl sites for hydroxylation is 3. The highest BCUT2D eigenvalue weighted by Gasteiger charge is 2.15. The van der Waals surface area contributed by atoms with Gasteiger partial charge in [0.15, 0.2) is 5.76 Å². The number of carbonyl (C=O) groups is 1. The number of nitrogens with one attached hydrogen (secondary N) is 1. The van der Waals surface area contributed by atoms with E-state index < -0.39 is 0 Å². The maximum atomic E-state index is 12.2. The van der Waals surface area contributed by atoms with Crippen molar-refractivity contribution >= 4 is 11.6 Å². The molecule has 0 saturated carbocycles. The van der Waals surface area contributed by atoms with Crippen LogP contribution in [0.4, 0.5) is 5.69 Å². The molecule has 4 heteroatoms. The standard InChI is InChI=1S/C16H20N2O2/c1-9-7-10(2)15(11(3)8-9)18-16(19)14-6-5-13(20-14)12(4)17/h5-8,12H,17H2,1-4H3,(H,18,19). The Balaban J connectivity index is 2.23. The fourth-order valence-electron chi connectivity index (χ4n) is 2.27. The molecule has 1 heterocycles. The Bertz CT molecular complexity index is 619. The van der Waals surface area contributed by atoms with E-state index in [4.69, 9.17) is 10.2 Å². The normalized spacial score (nSPS) is 12.2. The van der Waals surface area contributed by atoms with E-state index in [-0.39, 0.29) is 17.7 Å². The maximum absolute atomic E-state index is 12.2. The molecule has 0 bridgehead atoms. The highest BCUT2D eigenvalue weighted by atomic mass is 16.4. The quantitative estimate of drug-likeness (QED) is 0.898. The third-order valence-electron chi connectivity index (χ3n) is 3.21. The maximum Gasteiger partial charge on any atom is 0.291 e. The minimum Gasteiger partial charge on any atom is -0.454 e. The van der Waals surface area contributed by atoms with Gasteiger partial charge in [0.05, 0.1) is 6.04 Å². The van der Waals surface area contributed by atoms with E-state index >= 15 is 0 Å². The number of hydrogen-bond donors (Lipinski definition) is 2. The first-order chi connectivity index (χ1) is 9.38. The van der Waals surface area contributed by atoms with Crippen molar-refractivity contribution in [3.63, 3.8) is 0 Å². The van der Waals surface area contributed by atoms with Crippen LogP contribution in [0.2, 0.25) is 0 Å². The zero-order valence-corrected chi connectivity index (χ0v) is 12.3. The number of amides is 1. The Hall–Kier alpha value is -2.07. The Kier molecular flexibility index (Phi) is 3.95. The van der Waals surface area contributed by atoms with E-state index in [1.807, 2.05) is 39.8 Å². The minimum atomic E-state index is -0.257. The molecule has 2 aromatic rings. The molecular weight excluding hydrogens is 252 g/mol. The summed E-state index contributed by atoms with van der Waals surface area (Å²) in [4.78, 5) is 12.2. The highest BCUT2D eigenvalue weighted by Crippen LogP contribution is 2.23. The summed E-state index contributed by atoms with van der Waals surface area (Å²) in [5.74, 6) is 0.621. The van der Waals surface area contributed by atoms with Gasteiger partial charge in [0.25, 0.3) is 5.91 Å². The molecule has 1 atom stereocenters. The van der Waals surface area contributed by atoms with Crippen LogP contribution in [0.15, 0.2) is 28.7 Å². The molecule has 1 aromatic heterocycles. The Morgan fingerprint density at radius 2 is 1.80 bits per heavy atom. The van der Waals surface area contributed by atoms with Crippen LogP contribution in [0.3, 0.4) is 0 Å². The molecule has 106 valence electrons. The van der Waals surface area contributed by atoms with Crippen LogP contribution in [0.5, 0.6) is 0 Å². The van der Waals surface area contributed by atoms with Crippen LogP contribution in [0, 0.1) is 20.8 Å². The summed E-state index contributed by atoms with van der Waals surface area (Å²) in [5, 5.41) is 2.90. The van der Waals surface area contributed by atoms with Crippen molar-refractivity contribution in [1.82, 2.24) is 0 Å². The highest BCUT2D eigenvalue weighted by molar-refractivity contribution is 6.03. The molecule has 0 fully saturated rings. The third-order valence-corrected chi connectivity index (χ3v) is 3.21. The largest absolute Gasteiger partial charge is 0.454 e. The molecule has 0 radical (unpaired) electrons. The van der Waals surface area contributed by atoms with Gasteiger partial charge in [-0.2, -0.15) is 0 Å². The summed E-state index contributed by atoms with van der Waals surface area (Å²) >= 11 is 0. The lowest BCUT2D eigenvalue weighted by molar-refractivity contribution is 0.0994. The van der Waals surface area contributed by atoms with Gasteiger partial charge < -0.3 is 15.5 Å². The molecule has 0 aliphatic carbocycles. The molecule has 20 heavy (non-hydrogen) atoms. The fraction of sp³-hybridized carbons (Fsp3) is 0.312. The van der Waals surface area contributed by atoms with Crippen molar-refractivity contribution in [3.05, 3.63) is 52.5 Å². The number of nitrogens with two attached hydrogens (primary N) is 1.